The molecule has 0 aliphatic carbocycles. The number of piperazine rings is 1. The monoisotopic (exact) mass is 503 g/mol. The molecule has 2 saturated heterocycles. The van der Waals surface area contributed by atoms with Gasteiger partial charge in [-0.25, -0.2) is 14.6 Å². The van der Waals surface area contributed by atoms with E-state index in [9.17, 15) is 22.8 Å². The van der Waals surface area contributed by atoms with Gasteiger partial charge in [-0.3, -0.25) is 14.5 Å². The topological polar surface area (TPSA) is 126 Å². The molecule has 0 unspecified atom stereocenters. The van der Waals surface area contributed by atoms with Gasteiger partial charge in [0.05, 0.1) is 24.5 Å². The molecule has 0 radical (unpaired) electrons. The number of carbonyl (C=O) groups excluding carboxylic acids is 2. The predicted octanol–water partition coefficient (Wildman–Crippen LogP) is 0.620. The van der Waals surface area contributed by atoms with Crippen molar-refractivity contribution in [2.24, 2.45) is 11.7 Å². The lowest BCUT2D eigenvalue weighted by Gasteiger charge is -2.41. The first kappa shape index (κ1) is 23.9. The molecule has 4 heterocycles. The zero-order valence-electron chi connectivity index (χ0n) is 19.2. The second kappa shape index (κ2) is 9.33. The maximum atomic E-state index is 12.7. The van der Waals surface area contributed by atoms with Gasteiger partial charge in [-0.05, 0) is 18.2 Å². The molecule has 14 heteroatoms. The molecule has 2 amide bonds. The van der Waals surface area contributed by atoms with Crippen molar-refractivity contribution in [3.8, 4) is 0 Å². The van der Waals surface area contributed by atoms with Crippen LogP contribution < -0.4 is 10.6 Å². The molecule has 0 atom stereocenters. The van der Waals surface area contributed by atoms with E-state index < -0.39 is 17.8 Å². The maximum Gasteiger partial charge on any atom is 0.434 e. The summed E-state index contributed by atoms with van der Waals surface area (Å²) in [7, 11) is 0. The highest BCUT2D eigenvalue weighted by Crippen LogP contribution is 2.27. The van der Waals surface area contributed by atoms with Crippen LogP contribution in [0.1, 0.15) is 16.1 Å². The van der Waals surface area contributed by atoms with Crippen LogP contribution in [-0.2, 0) is 17.5 Å². The van der Waals surface area contributed by atoms with Crippen LogP contribution in [0.3, 0.4) is 0 Å². The summed E-state index contributed by atoms with van der Waals surface area (Å²) in [6.45, 7) is 4.28. The first-order valence-electron chi connectivity index (χ1n) is 11.4. The van der Waals surface area contributed by atoms with E-state index >= 15 is 0 Å². The van der Waals surface area contributed by atoms with Crippen LogP contribution >= 0.6 is 0 Å². The van der Waals surface area contributed by atoms with Gasteiger partial charge in [-0.2, -0.15) is 13.2 Å². The van der Waals surface area contributed by atoms with Gasteiger partial charge in [0.15, 0.2) is 5.69 Å². The van der Waals surface area contributed by atoms with Crippen molar-refractivity contribution in [2.45, 2.75) is 12.7 Å². The van der Waals surface area contributed by atoms with Crippen molar-refractivity contribution >= 4 is 28.7 Å². The Bertz CT molecular complexity index is 1260. The molecule has 5 rings (SSSR count). The average Bonchev–Trinajstić information content (AvgIpc) is 3.24. The molecule has 190 valence electrons. The van der Waals surface area contributed by atoms with Crippen LogP contribution in [0.4, 0.5) is 19.0 Å². The molecule has 2 aromatic heterocycles. The van der Waals surface area contributed by atoms with Gasteiger partial charge in [0.2, 0.25) is 11.8 Å². The first-order valence-corrected chi connectivity index (χ1v) is 11.4. The van der Waals surface area contributed by atoms with E-state index in [1.807, 2.05) is 4.90 Å². The highest BCUT2D eigenvalue weighted by molar-refractivity contribution is 5.96. The van der Waals surface area contributed by atoms with Crippen LogP contribution in [0.15, 0.2) is 30.6 Å². The van der Waals surface area contributed by atoms with Crippen LogP contribution in [0.5, 0.6) is 0 Å². The number of nitrogens with two attached hydrogens (primary N) is 1. The SMILES string of the molecule is NC(=O)c1ccc2nnn(CC3CN(CC(=O)N4CCN(c5cnc(C(F)(F)F)cn5)CC4)C3)c2c1. The molecular formula is C22H24F3N9O2. The molecule has 0 saturated carbocycles. The number of likely N-dealkylation sites (tertiary alicyclic amines) is 1. The van der Waals surface area contributed by atoms with Crippen LogP contribution in [0.2, 0.25) is 0 Å². The average molecular weight is 503 g/mol. The number of aromatic nitrogens is 5. The quantitative estimate of drug-likeness (QED) is 0.519. The standard InChI is InChI=1S/C22H24F3N9O2/c23-22(24,25)18-8-28-19(9-27-18)32-3-5-33(6-4-32)20(35)13-31-10-14(11-31)12-34-17-7-15(21(26)36)1-2-16(17)29-30-34/h1-2,7-9,14H,3-6,10-13H2,(H2,26,36). The number of carbonyl (C=O) groups is 2. The minimum absolute atomic E-state index is 0.0175. The minimum Gasteiger partial charge on any atom is -0.366 e. The summed E-state index contributed by atoms with van der Waals surface area (Å²) in [4.78, 5) is 37.2. The minimum atomic E-state index is -4.52. The third kappa shape index (κ3) is 4.94. The number of anilines is 1. The molecule has 36 heavy (non-hydrogen) atoms. The molecule has 2 fully saturated rings. The van der Waals surface area contributed by atoms with E-state index in [1.54, 1.807) is 27.8 Å². The Hall–Kier alpha value is -3.81. The summed E-state index contributed by atoms with van der Waals surface area (Å²) >= 11 is 0. The summed E-state index contributed by atoms with van der Waals surface area (Å²) < 4.78 is 39.8. The van der Waals surface area contributed by atoms with E-state index in [4.69, 9.17) is 5.73 Å². The van der Waals surface area contributed by atoms with Gasteiger partial charge in [0, 0.05) is 57.3 Å². The summed E-state index contributed by atoms with van der Waals surface area (Å²) in [6.07, 6.45) is -2.68. The molecule has 2 N–H and O–H groups in total. The Balaban J connectivity index is 1.08. The lowest BCUT2D eigenvalue weighted by atomic mass is 10.00. The fraction of sp³-hybridized carbons (Fsp3) is 0.455. The highest BCUT2D eigenvalue weighted by Gasteiger charge is 2.34. The molecule has 2 aliphatic rings. The van der Waals surface area contributed by atoms with Crippen molar-refractivity contribution in [1.82, 2.24) is 34.8 Å². The Kier molecular flexibility index (Phi) is 6.20. The van der Waals surface area contributed by atoms with Gasteiger partial charge in [-0.15, -0.1) is 5.10 Å². The molecule has 2 aliphatic heterocycles. The van der Waals surface area contributed by atoms with Gasteiger partial charge in [0.25, 0.3) is 0 Å². The summed E-state index contributed by atoms with van der Waals surface area (Å²) in [5.74, 6) is 0.175. The smallest absolute Gasteiger partial charge is 0.366 e. The number of halogens is 3. The lowest BCUT2D eigenvalue weighted by Crippen LogP contribution is -2.55. The van der Waals surface area contributed by atoms with E-state index in [2.05, 4.69) is 25.2 Å². The number of hydrogen-bond acceptors (Lipinski definition) is 8. The Morgan fingerprint density at radius 2 is 1.81 bits per heavy atom. The first-order chi connectivity index (χ1) is 17.2. The maximum absolute atomic E-state index is 12.7. The summed E-state index contributed by atoms with van der Waals surface area (Å²) in [5, 5.41) is 8.30. The van der Waals surface area contributed by atoms with Crippen LogP contribution in [0.25, 0.3) is 11.0 Å². The molecule has 11 nitrogen and oxygen atoms in total. The van der Waals surface area contributed by atoms with Crippen molar-refractivity contribution in [3.63, 3.8) is 0 Å². The van der Waals surface area contributed by atoms with Crippen LogP contribution in [-0.4, -0.2) is 92.4 Å². The molecule has 3 aromatic rings. The number of amides is 2. The van der Waals surface area contributed by atoms with Gasteiger partial charge < -0.3 is 15.5 Å². The number of hydrogen-bond donors (Lipinski definition) is 1. The summed E-state index contributed by atoms with van der Waals surface area (Å²) in [6, 6.07) is 5.03. The second-order valence-electron chi connectivity index (χ2n) is 9.02. The van der Waals surface area contributed by atoms with Crippen molar-refractivity contribution < 1.29 is 22.8 Å². The normalized spacial score (nSPS) is 17.4. The molecule has 1 aromatic carbocycles. The third-order valence-electron chi connectivity index (χ3n) is 6.51. The van der Waals surface area contributed by atoms with Crippen molar-refractivity contribution in [1.29, 1.82) is 0 Å². The lowest BCUT2D eigenvalue weighted by molar-refractivity contribution is -0.141. The zero-order chi connectivity index (χ0) is 25.4. The zero-order valence-corrected chi connectivity index (χ0v) is 19.2. The third-order valence-corrected chi connectivity index (χ3v) is 6.51. The fourth-order valence-corrected chi connectivity index (χ4v) is 4.53. The van der Waals surface area contributed by atoms with E-state index in [0.717, 1.165) is 31.0 Å². The van der Waals surface area contributed by atoms with Gasteiger partial charge >= 0.3 is 6.18 Å². The molecular weight excluding hydrogens is 479 g/mol. The van der Waals surface area contributed by atoms with Gasteiger partial charge in [0.1, 0.15) is 11.3 Å². The van der Waals surface area contributed by atoms with E-state index in [1.165, 1.54) is 0 Å². The predicted molar refractivity (Wildman–Crippen MR) is 122 cm³/mol. The molecule has 0 spiro atoms. The van der Waals surface area contributed by atoms with E-state index in [0.29, 0.717) is 62.1 Å². The Morgan fingerprint density at radius 1 is 1.06 bits per heavy atom. The fourth-order valence-electron chi connectivity index (χ4n) is 4.53. The van der Waals surface area contributed by atoms with Gasteiger partial charge in [-0.1, -0.05) is 5.21 Å². The van der Waals surface area contributed by atoms with E-state index in [-0.39, 0.29) is 5.91 Å². The number of nitrogens with zero attached hydrogens (tertiary/aromatic N) is 8. The number of benzene rings is 1. The van der Waals surface area contributed by atoms with Crippen molar-refractivity contribution in [2.75, 3.05) is 50.7 Å². The number of primary amides is 1. The Labute approximate surface area is 203 Å². The highest BCUT2D eigenvalue weighted by atomic mass is 19.4. The largest absolute Gasteiger partial charge is 0.434 e. The van der Waals surface area contributed by atoms with Crippen molar-refractivity contribution in [3.05, 3.63) is 41.9 Å². The number of fused-ring (bicyclic) bond motifs is 1. The number of rotatable bonds is 6. The summed E-state index contributed by atoms with van der Waals surface area (Å²) in [5.41, 5.74) is 6.17. The van der Waals surface area contributed by atoms with Crippen LogP contribution in [0, 0.1) is 5.92 Å². The second-order valence-corrected chi connectivity index (χ2v) is 9.02. The Morgan fingerprint density at radius 3 is 2.44 bits per heavy atom. The molecule has 0 bridgehead atoms. The number of alkyl halides is 3.